The average molecular weight is 221 g/mol. The van der Waals surface area contributed by atoms with E-state index in [9.17, 15) is 0 Å². The first-order valence-corrected chi connectivity index (χ1v) is 5.12. The number of fused-ring (bicyclic) bond motifs is 1. The molecule has 0 aliphatic heterocycles. The lowest BCUT2D eigenvalue weighted by Gasteiger charge is -2.23. The zero-order valence-electron chi connectivity index (χ0n) is 9.61. The van der Waals surface area contributed by atoms with Crippen LogP contribution < -0.4 is 5.73 Å². The van der Waals surface area contributed by atoms with Crippen LogP contribution in [0.4, 0.5) is 5.82 Å². The van der Waals surface area contributed by atoms with E-state index in [2.05, 4.69) is 19.9 Å². The van der Waals surface area contributed by atoms with Gasteiger partial charge in [-0.05, 0) is 13.3 Å². The average Bonchev–Trinajstić information content (AvgIpc) is 2.74. The first kappa shape index (κ1) is 10.8. The third-order valence-corrected chi connectivity index (χ3v) is 2.94. The normalized spacial score (nSPS) is 15.2. The van der Waals surface area contributed by atoms with Gasteiger partial charge in [0.25, 0.3) is 0 Å². The molecule has 1 unspecified atom stereocenters. The lowest BCUT2D eigenvalue weighted by atomic mass is 10.0. The zero-order valence-corrected chi connectivity index (χ0v) is 9.61. The summed E-state index contributed by atoms with van der Waals surface area (Å²) in [7, 11) is 1.66. The number of nitrogens with two attached hydrogens (primary N) is 1. The molecule has 86 valence electrons. The fourth-order valence-corrected chi connectivity index (χ4v) is 1.51. The summed E-state index contributed by atoms with van der Waals surface area (Å²) in [4.78, 5) is 15.5. The lowest BCUT2D eigenvalue weighted by Crippen LogP contribution is -2.24. The van der Waals surface area contributed by atoms with Crippen LogP contribution in [0.5, 0.6) is 0 Å². The Bertz CT molecular complexity index is 503. The van der Waals surface area contributed by atoms with Gasteiger partial charge in [-0.2, -0.15) is 0 Å². The molecule has 3 N–H and O–H groups in total. The Balaban J connectivity index is 2.59. The van der Waals surface area contributed by atoms with Crippen LogP contribution in [0.1, 0.15) is 26.1 Å². The van der Waals surface area contributed by atoms with Crippen molar-refractivity contribution in [2.24, 2.45) is 0 Å². The molecule has 0 fully saturated rings. The number of anilines is 1. The van der Waals surface area contributed by atoms with Gasteiger partial charge in [0.05, 0.1) is 0 Å². The highest BCUT2D eigenvalue weighted by molar-refractivity contribution is 5.81. The second-order valence-corrected chi connectivity index (χ2v) is 3.83. The number of nitrogens with zero attached hydrogens (tertiary/aromatic N) is 3. The molecule has 0 amide bonds. The number of aromatic amines is 1. The number of hydrogen-bond acceptors (Lipinski definition) is 5. The number of hydrogen-bond donors (Lipinski definition) is 2. The van der Waals surface area contributed by atoms with Crippen molar-refractivity contribution in [2.75, 3.05) is 12.8 Å². The molecule has 16 heavy (non-hydrogen) atoms. The van der Waals surface area contributed by atoms with Gasteiger partial charge in [0.2, 0.25) is 0 Å². The Kier molecular flexibility index (Phi) is 2.51. The van der Waals surface area contributed by atoms with Gasteiger partial charge in [-0.3, -0.25) is 0 Å². The highest BCUT2D eigenvalue weighted by atomic mass is 16.5. The second kappa shape index (κ2) is 3.71. The van der Waals surface area contributed by atoms with E-state index in [0.29, 0.717) is 17.0 Å². The topological polar surface area (TPSA) is 89.7 Å². The Labute approximate surface area is 93.3 Å². The third-order valence-electron chi connectivity index (χ3n) is 2.94. The van der Waals surface area contributed by atoms with Crippen LogP contribution in [0.2, 0.25) is 0 Å². The summed E-state index contributed by atoms with van der Waals surface area (Å²) in [6.07, 6.45) is 2.20. The number of H-pyrrole nitrogens is 1. The summed E-state index contributed by atoms with van der Waals surface area (Å²) in [5.41, 5.74) is 6.51. The summed E-state index contributed by atoms with van der Waals surface area (Å²) in [5.74, 6) is 1.12. The van der Waals surface area contributed by atoms with Gasteiger partial charge in [0.1, 0.15) is 23.3 Å². The maximum absolute atomic E-state index is 5.73. The Hall–Kier alpha value is -1.69. The molecule has 0 radical (unpaired) electrons. The van der Waals surface area contributed by atoms with Gasteiger partial charge in [-0.25, -0.2) is 15.0 Å². The Morgan fingerprint density at radius 1 is 1.50 bits per heavy atom. The highest BCUT2D eigenvalue weighted by Gasteiger charge is 2.28. The maximum atomic E-state index is 5.73. The number of imidazole rings is 1. The van der Waals surface area contributed by atoms with E-state index in [0.717, 1.165) is 12.2 Å². The molecule has 6 heteroatoms. The third kappa shape index (κ3) is 1.51. The molecule has 0 saturated heterocycles. The van der Waals surface area contributed by atoms with Gasteiger partial charge in [-0.15, -0.1) is 0 Å². The summed E-state index contributed by atoms with van der Waals surface area (Å²) in [6, 6.07) is 0. The summed E-state index contributed by atoms with van der Waals surface area (Å²) in [5, 5.41) is 0. The van der Waals surface area contributed by atoms with E-state index in [1.165, 1.54) is 6.33 Å². The van der Waals surface area contributed by atoms with E-state index in [-0.39, 0.29) is 0 Å². The largest absolute Gasteiger partial charge is 0.382 e. The molecule has 0 spiro atoms. The monoisotopic (exact) mass is 221 g/mol. The summed E-state index contributed by atoms with van der Waals surface area (Å²) >= 11 is 0. The molecule has 0 aliphatic rings. The predicted molar refractivity (Wildman–Crippen MR) is 60.7 cm³/mol. The molecule has 2 heterocycles. The number of aromatic nitrogens is 4. The van der Waals surface area contributed by atoms with Crippen molar-refractivity contribution in [3.63, 3.8) is 0 Å². The van der Waals surface area contributed by atoms with Crippen molar-refractivity contribution in [2.45, 2.75) is 25.9 Å². The van der Waals surface area contributed by atoms with Gasteiger partial charge < -0.3 is 15.5 Å². The van der Waals surface area contributed by atoms with Gasteiger partial charge in [0.15, 0.2) is 11.5 Å². The van der Waals surface area contributed by atoms with Crippen LogP contribution in [-0.2, 0) is 10.3 Å². The van der Waals surface area contributed by atoms with Crippen LogP contribution in [0.15, 0.2) is 6.33 Å². The van der Waals surface area contributed by atoms with Crippen molar-refractivity contribution in [3.8, 4) is 0 Å². The SMILES string of the molecule is CCC(C)(OC)c1nc2ncnc(N)c2[nH]1. The molecule has 2 rings (SSSR count). The molecule has 2 aromatic rings. The van der Waals surface area contributed by atoms with E-state index in [4.69, 9.17) is 10.5 Å². The molecular formula is C10H15N5O. The van der Waals surface area contributed by atoms with E-state index < -0.39 is 5.60 Å². The Morgan fingerprint density at radius 2 is 2.25 bits per heavy atom. The van der Waals surface area contributed by atoms with Crippen molar-refractivity contribution in [1.82, 2.24) is 19.9 Å². The fraction of sp³-hybridized carbons (Fsp3) is 0.500. The van der Waals surface area contributed by atoms with Crippen LogP contribution in [0.3, 0.4) is 0 Å². The highest BCUT2D eigenvalue weighted by Crippen LogP contribution is 2.27. The smallest absolute Gasteiger partial charge is 0.183 e. The summed E-state index contributed by atoms with van der Waals surface area (Å²) in [6.45, 7) is 4.00. The second-order valence-electron chi connectivity index (χ2n) is 3.83. The number of methoxy groups -OCH3 is 1. The molecule has 0 bridgehead atoms. The minimum atomic E-state index is -0.451. The number of nitrogen functional groups attached to an aromatic ring is 1. The molecule has 0 aliphatic carbocycles. The Morgan fingerprint density at radius 3 is 2.81 bits per heavy atom. The molecule has 0 saturated carbocycles. The van der Waals surface area contributed by atoms with E-state index in [1.807, 2.05) is 13.8 Å². The molecule has 2 aromatic heterocycles. The standard InChI is InChI=1S/C10H15N5O/c1-4-10(2,16-3)9-14-6-7(11)12-5-13-8(6)15-9/h5H,4H2,1-3H3,(H3,11,12,13,14,15). The predicted octanol–water partition coefficient (Wildman–Crippen LogP) is 1.21. The summed E-state index contributed by atoms with van der Waals surface area (Å²) < 4.78 is 5.46. The minimum absolute atomic E-state index is 0.401. The molecular weight excluding hydrogens is 206 g/mol. The van der Waals surface area contributed by atoms with Gasteiger partial charge in [-0.1, -0.05) is 6.92 Å². The van der Waals surface area contributed by atoms with E-state index >= 15 is 0 Å². The fourth-order valence-electron chi connectivity index (χ4n) is 1.51. The molecule has 0 aromatic carbocycles. The molecule has 6 nitrogen and oxygen atoms in total. The number of nitrogens with one attached hydrogen (secondary N) is 1. The van der Waals surface area contributed by atoms with Gasteiger partial charge >= 0.3 is 0 Å². The van der Waals surface area contributed by atoms with Crippen molar-refractivity contribution < 1.29 is 4.74 Å². The van der Waals surface area contributed by atoms with Gasteiger partial charge in [0, 0.05) is 7.11 Å². The van der Waals surface area contributed by atoms with Crippen LogP contribution >= 0.6 is 0 Å². The minimum Gasteiger partial charge on any atom is -0.382 e. The first-order chi connectivity index (χ1) is 7.60. The van der Waals surface area contributed by atoms with Crippen molar-refractivity contribution in [3.05, 3.63) is 12.2 Å². The first-order valence-electron chi connectivity index (χ1n) is 5.12. The molecule has 1 atom stereocenters. The quantitative estimate of drug-likeness (QED) is 0.813. The number of rotatable bonds is 3. The van der Waals surface area contributed by atoms with Crippen LogP contribution in [-0.4, -0.2) is 27.0 Å². The van der Waals surface area contributed by atoms with Crippen molar-refractivity contribution in [1.29, 1.82) is 0 Å². The van der Waals surface area contributed by atoms with Crippen LogP contribution in [0.25, 0.3) is 11.2 Å². The maximum Gasteiger partial charge on any atom is 0.183 e. The van der Waals surface area contributed by atoms with Crippen LogP contribution in [0, 0.1) is 0 Å². The van der Waals surface area contributed by atoms with E-state index in [1.54, 1.807) is 7.11 Å². The zero-order chi connectivity index (χ0) is 11.8. The lowest BCUT2D eigenvalue weighted by molar-refractivity contribution is -0.00805. The van der Waals surface area contributed by atoms with Crippen molar-refractivity contribution >= 4 is 17.0 Å². The number of ether oxygens (including phenoxy) is 1.